The Bertz CT molecular complexity index is 367. The van der Waals surface area contributed by atoms with Gasteiger partial charge in [-0.05, 0) is 30.7 Å². The monoisotopic (exact) mass is 271 g/mol. The molecule has 1 aromatic carbocycles. The molecule has 1 amide bonds. The van der Waals surface area contributed by atoms with E-state index in [2.05, 4.69) is 0 Å². The second-order valence-corrected chi connectivity index (χ2v) is 4.31. The van der Waals surface area contributed by atoms with Crippen LogP contribution < -0.4 is 0 Å². The van der Waals surface area contributed by atoms with E-state index in [0.29, 0.717) is 30.3 Å². The van der Waals surface area contributed by atoms with Crippen LogP contribution in [0.25, 0.3) is 0 Å². The first kappa shape index (κ1) is 15.0. The molecule has 4 nitrogen and oxygen atoms in total. The maximum atomic E-state index is 12.2. The van der Waals surface area contributed by atoms with Crippen molar-refractivity contribution in [3.8, 4) is 0 Å². The maximum absolute atomic E-state index is 12.2. The number of amides is 1. The molecule has 0 aliphatic rings. The Morgan fingerprint density at radius 3 is 2.56 bits per heavy atom. The van der Waals surface area contributed by atoms with Gasteiger partial charge in [-0.1, -0.05) is 11.6 Å². The number of aliphatic hydroxyl groups is 1. The zero-order chi connectivity index (χ0) is 13.4. The van der Waals surface area contributed by atoms with Crippen LogP contribution in [0.15, 0.2) is 24.3 Å². The topological polar surface area (TPSA) is 49.8 Å². The van der Waals surface area contributed by atoms with Gasteiger partial charge in [-0.2, -0.15) is 0 Å². The number of hydrogen-bond acceptors (Lipinski definition) is 3. The molecule has 1 rings (SSSR count). The average molecular weight is 272 g/mol. The molecule has 0 bridgehead atoms. The fraction of sp³-hybridized carbons (Fsp3) is 0.462. The van der Waals surface area contributed by atoms with Gasteiger partial charge in [0.25, 0.3) is 5.91 Å². The molecule has 0 spiro atoms. The van der Waals surface area contributed by atoms with Crippen molar-refractivity contribution >= 4 is 17.5 Å². The molecule has 5 heteroatoms. The summed E-state index contributed by atoms with van der Waals surface area (Å²) in [6.07, 6.45) is 0.746. The SMILES string of the molecule is COCCCN(CCO)C(=O)c1ccc(Cl)cc1. The van der Waals surface area contributed by atoms with E-state index in [0.717, 1.165) is 6.42 Å². The minimum Gasteiger partial charge on any atom is -0.395 e. The lowest BCUT2D eigenvalue weighted by atomic mass is 10.2. The van der Waals surface area contributed by atoms with Crippen LogP contribution in [0.1, 0.15) is 16.8 Å². The van der Waals surface area contributed by atoms with Crippen molar-refractivity contribution in [2.45, 2.75) is 6.42 Å². The van der Waals surface area contributed by atoms with Crippen LogP contribution in [0, 0.1) is 0 Å². The first-order valence-corrected chi connectivity index (χ1v) is 6.21. The van der Waals surface area contributed by atoms with Gasteiger partial charge in [-0.15, -0.1) is 0 Å². The summed E-state index contributed by atoms with van der Waals surface area (Å²) in [7, 11) is 1.62. The van der Waals surface area contributed by atoms with Crippen LogP contribution in [0.3, 0.4) is 0 Å². The summed E-state index contributed by atoms with van der Waals surface area (Å²) >= 11 is 5.78. The largest absolute Gasteiger partial charge is 0.395 e. The third-order valence-corrected chi connectivity index (χ3v) is 2.78. The highest BCUT2D eigenvalue weighted by Crippen LogP contribution is 2.11. The minimum atomic E-state index is -0.100. The fourth-order valence-electron chi connectivity index (χ4n) is 1.61. The molecule has 0 heterocycles. The Balaban J connectivity index is 2.66. The highest BCUT2D eigenvalue weighted by molar-refractivity contribution is 6.30. The predicted molar refractivity (Wildman–Crippen MR) is 70.9 cm³/mol. The van der Waals surface area contributed by atoms with Crippen molar-refractivity contribution in [1.82, 2.24) is 4.90 Å². The third-order valence-electron chi connectivity index (χ3n) is 2.52. The average Bonchev–Trinajstić information content (AvgIpc) is 2.38. The summed E-state index contributed by atoms with van der Waals surface area (Å²) in [5.41, 5.74) is 0.574. The van der Waals surface area contributed by atoms with Gasteiger partial charge in [0.05, 0.1) is 6.61 Å². The molecule has 0 aliphatic heterocycles. The first-order valence-electron chi connectivity index (χ1n) is 5.83. The lowest BCUT2D eigenvalue weighted by Crippen LogP contribution is -2.34. The zero-order valence-electron chi connectivity index (χ0n) is 10.4. The fourth-order valence-corrected chi connectivity index (χ4v) is 1.74. The predicted octanol–water partition coefficient (Wildman–Crippen LogP) is 1.81. The van der Waals surface area contributed by atoms with Crippen molar-refractivity contribution in [1.29, 1.82) is 0 Å². The summed E-state index contributed by atoms with van der Waals surface area (Å²) in [4.78, 5) is 13.8. The molecule has 0 aromatic heterocycles. The molecule has 1 N–H and O–H groups in total. The Labute approximate surface area is 112 Å². The lowest BCUT2D eigenvalue weighted by Gasteiger charge is -2.21. The summed E-state index contributed by atoms with van der Waals surface area (Å²) in [6, 6.07) is 6.73. The molecule has 0 atom stereocenters. The maximum Gasteiger partial charge on any atom is 0.253 e. The molecule has 0 saturated heterocycles. The smallest absolute Gasteiger partial charge is 0.253 e. The normalized spacial score (nSPS) is 10.4. The molecular formula is C13H18ClNO3. The molecular weight excluding hydrogens is 254 g/mol. The number of hydrogen-bond donors (Lipinski definition) is 1. The number of nitrogens with zero attached hydrogens (tertiary/aromatic N) is 1. The van der Waals surface area contributed by atoms with E-state index >= 15 is 0 Å². The standard InChI is InChI=1S/C13H18ClNO3/c1-18-10-2-7-15(8-9-16)13(17)11-3-5-12(14)6-4-11/h3-6,16H,2,7-10H2,1H3. The summed E-state index contributed by atoms with van der Waals surface area (Å²) in [5.74, 6) is -0.100. The van der Waals surface area contributed by atoms with Crippen molar-refractivity contribution in [3.63, 3.8) is 0 Å². The Morgan fingerprint density at radius 2 is 2.00 bits per heavy atom. The van der Waals surface area contributed by atoms with Crippen molar-refractivity contribution in [2.24, 2.45) is 0 Å². The molecule has 100 valence electrons. The van der Waals surface area contributed by atoms with Gasteiger partial charge >= 0.3 is 0 Å². The third kappa shape index (κ3) is 4.64. The van der Waals surface area contributed by atoms with E-state index in [1.165, 1.54) is 0 Å². The number of methoxy groups -OCH3 is 1. The summed E-state index contributed by atoms with van der Waals surface area (Å²) < 4.78 is 4.95. The summed E-state index contributed by atoms with van der Waals surface area (Å²) in [6.45, 7) is 1.43. The molecule has 18 heavy (non-hydrogen) atoms. The van der Waals surface area contributed by atoms with Gasteiger partial charge < -0.3 is 14.7 Å². The van der Waals surface area contributed by atoms with Gasteiger partial charge in [0.2, 0.25) is 0 Å². The first-order chi connectivity index (χ1) is 8.69. The molecule has 0 saturated carbocycles. The van der Waals surface area contributed by atoms with E-state index in [-0.39, 0.29) is 12.5 Å². The Morgan fingerprint density at radius 1 is 1.33 bits per heavy atom. The molecule has 0 fully saturated rings. The minimum absolute atomic E-state index is 0.0493. The number of benzene rings is 1. The quantitative estimate of drug-likeness (QED) is 0.770. The van der Waals surface area contributed by atoms with Crippen molar-refractivity contribution < 1.29 is 14.6 Å². The van der Waals surface area contributed by atoms with Gasteiger partial charge in [-0.3, -0.25) is 4.79 Å². The van der Waals surface area contributed by atoms with Crippen LogP contribution in [-0.4, -0.2) is 49.3 Å². The number of aliphatic hydroxyl groups excluding tert-OH is 1. The van der Waals surface area contributed by atoms with Gasteiger partial charge in [0, 0.05) is 37.4 Å². The van der Waals surface area contributed by atoms with Crippen LogP contribution in [-0.2, 0) is 4.74 Å². The van der Waals surface area contributed by atoms with E-state index in [1.807, 2.05) is 0 Å². The van der Waals surface area contributed by atoms with Crippen molar-refractivity contribution in [3.05, 3.63) is 34.9 Å². The molecule has 0 radical (unpaired) electrons. The van der Waals surface area contributed by atoms with Crippen LogP contribution in [0.2, 0.25) is 5.02 Å². The highest BCUT2D eigenvalue weighted by atomic mass is 35.5. The highest BCUT2D eigenvalue weighted by Gasteiger charge is 2.14. The molecule has 0 unspecified atom stereocenters. The lowest BCUT2D eigenvalue weighted by molar-refractivity contribution is 0.0701. The Hall–Kier alpha value is -1.10. The van der Waals surface area contributed by atoms with E-state index in [4.69, 9.17) is 21.4 Å². The molecule has 0 aliphatic carbocycles. The van der Waals surface area contributed by atoms with Gasteiger partial charge in [-0.25, -0.2) is 0 Å². The number of halogens is 1. The number of carbonyl (C=O) groups is 1. The van der Waals surface area contributed by atoms with E-state index < -0.39 is 0 Å². The zero-order valence-corrected chi connectivity index (χ0v) is 11.2. The molecule has 1 aromatic rings. The van der Waals surface area contributed by atoms with Crippen LogP contribution in [0.4, 0.5) is 0 Å². The van der Waals surface area contributed by atoms with E-state index in [1.54, 1.807) is 36.3 Å². The van der Waals surface area contributed by atoms with Gasteiger partial charge in [0.15, 0.2) is 0 Å². The van der Waals surface area contributed by atoms with Crippen LogP contribution >= 0.6 is 11.6 Å². The second-order valence-electron chi connectivity index (χ2n) is 3.87. The van der Waals surface area contributed by atoms with Crippen molar-refractivity contribution in [2.75, 3.05) is 33.4 Å². The number of ether oxygens (including phenoxy) is 1. The Kier molecular flexibility index (Phi) is 6.72. The van der Waals surface area contributed by atoms with Gasteiger partial charge in [0.1, 0.15) is 0 Å². The number of carbonyl (C=O) groups excluding carboxylic acids is 1. The summed E-state index contributed by atoms with van der Waals surface area (Å²) in [5, 5.41) is 9.58. The number of rotatable bonds is 7. The van der Waals surface area contributed by atoms with E-state index in [9.17, 15) is 4.79 Å². The van der Waals surface area contributed by atoms with Crippen LogP contribution in [0.5, 0.6) is 0 Å². The second kappa shape index (κ2) is 8.08.